The van der Waals surface area contributed by atoms with Gasteiger partial charge < -0.3 is 5.73 Å². The van der Waals surface area contributed by atoms with Gasteiger partial charge in [-0.3, -0.25) is 0 Å². The first kappa shape index (κ1) is 6.34. The zero-order chi connectivity index (χ0) is 6.85. The third-order valence-corrected chi connectivity index (χ3v) is 0.978. The van der Waals surface area contributed by atoms with E-state index >= 15 is 0 Å². The lowest BCUT2D eigenvalue weighted by atomic mass is 10.7. The molecule has 0 aromatic carbocycles. The number of aromatic nitrogens is 3. The Labute approximate surface area is 58.4 Å². The third-order valence-electron chi connectivity index (χ3n) is 0.642. The summed E-state index contributed by atoms with van der Waals surface area (Å²) in [5, 5.41) is 6.55. The van der Waals surface area contributed by atoms with Crippen LogP contribution in [0, 0.1) is 5.95 Å². The van der Waals surface area contributed by atoms with Gasteiger partial charge in [0.05, 0.1) is 0 Å². The van der Waals surface area contributed by atoms with Gasteiger partial charge in [0.1, 0.15) is 0 Å². The molecule has 0 unspecified atom stereocenters. The molecule has 0 aliphatic carbocycles. The summed E-state index contributed by atoms with van der Waals surface area (Å²) < 4.78 is 12.3. The largest absolute Gasteiger partial charge is 0.378 e. The molecule has 1 aromatic heterocycles. The van der Waals surface area contributed by atoms with E-state index in [0.717, 1.165) is 0 Å². The molecular weight excluding hydrogens is 191 g/mol. The van der Waals surface area contributed by atoms with Gasteiger partial charge in [-0.05, 0) is 15.9 Å². The average molecular weight is 193 g/mol. The Morgan fingerprint density at radius 2 is 2.11 bits per heavy atom. The van der Waals surface area contributed by atoms with Crippen molar-refractivity contribution in [2.24, 2.45) is 0 Å². The Morgan fingerprint density at radius 1 is 1.44 bits per heavy atom. The van der Waals surface area contributed by atoms with Gasteiger partial charge in [-0.25, -0.2) is 0 Å². The molecule has 0 aliphatic rings. The third kappa shape index (κ3) is 1.32. The number of anilines is 1. The van der Waals surface area contributed by atoms with E-state index in [1.54, 1.807) is 0 Å². The molecule has 1 heterocycles. The SMILES string of the molecule is Nc1nnc(Br)nc1F. The molecule has 4 nitrogen and oxygen atoms in total. The van der Waals surface area contributed by atoms with E-state index in [0.29, 0.717) is 0 Å². The zero-order valence-corrected chi connectivity index (χ0v) is 5.76. The molecule has 9 heavy (non-hydrogen) atoms. The summed E-state index contributed by atoms with van der Waals surface area (Å²) >= 11 is 2.82. The lowest BCUT2D eigenvalue weighted by Gasteiger charge is -1.90. The van der Waals surface area contributed by atoms with Crippen LogP contribution in [0.5, 0.6) is 0 Å². The van der Waals surface area contributed by atoms with Crippen molar-refractivity contribution in [1.29, 1.82) is 0 Å². The summed E-state index contributed by atoms with van der Waals surface area (Å²) in [4.78, 5) is 3.22. The summed E-state index contributed by atoms with van der Waals surface area (Å²) in [6, 6.07) is 0. The van der Waals surface area contributed by atoms with E-state index in [1.165, 1.54) is 0 Å². The van der Waals surface area contributed by atoms with Gasteiger partial charge in [0.15, 0.2) is 0 Å². The molecule has 48 valence electrons. The van der Waals surface area contributed by atoms with Crippen LogP contribution in [0.2, 0.25) is 0 Å². The fourth-order valence-electron chi connectivity index (χ4n) is 0.297. The zero-order valence-electron chi connectivity index (χ0n) is 4.17. The first-order chi connectivity index (χ1) is 4.20. The molecular formula is C3H2BrFN4. The highest BCUT2D eigenvalue weighted by atomic mass is 79.9. The van der Waals surface area contributed by atoms with Crippen LogP contribution < -0.4 is 5.73 Å². The maximum absolute atomic E-state index is 12.2. The van der Waals surface area contributed by atoms with E-state index in [-0.39, 0.29) is 10.6 Å². The normalized spacial score (nSPS) is 9.56. The highest BCUT2D eigenvalue weighted by Gasteiger charge is 2.00. The van der Waals surface area contributed by atoms with Gasteiger partial charge in [0.2, 0.25) is 10.6 Å². The average Bonchev–Trinajstić information content (AvgIpc) is 1.80. The predicted octanol–water partition coefficient (Wildman–Crippen LogP) is 0.355. The summed E-state index contributed by atoms with van der Waals surface area (Å²) in [6.45, 7) is 0. The molecule has 0 saturated heterocycles. The molecule has 1 aromatic rings. The fraction of sp³-hybridized carbons (Fsp3) is 0. The van der Waals surface area contributed by atoms with Crippen molar-refractivity contribution in [3.63, 3.8) is 0 Å². The van der Waals surface area contributed by atoms with Gasteiger partial charge in [-0.2, -0.15) is 9.37 Å². The number of hydrogen-bond acceptors (Lipinski definition) is 4. The second-order valence-electron chi connectivity index (χ2n) is 1.26. The second-order valence-corrected chi connectivity index (χ2v) is 1.97. The topological polar surface area (TPSA) is 64.7 Å². The van der Waals surface area contributed by atoms with E-state index in [2.05, 4.69) is 31.1 Å². The highest BCUT2D eigenvalue weighted by Crippen LogP contribution is 2.03. The van der Waals surface area contributed by atoms with Crippen LogP contribution in [0.25, 0.3) is 0 Å². The van der Waals surface area contributed by atoms with Gasteiger partial charge in [-0.15, -0.1) is 10.2 Å². The smallest absolute Gasteiger partial charge is 0.259 e. The molecule has 1 rings (SSSR count). The minimum atomic E-state index is -0.808. The minimum absolute atomic E-state index is 0.0919. The Hall–Kier alpha value is -0.780. The van der Waals surface area contributed by atoms with Gasteiger partial charge >= 0.3 is 0 Å². The Balaban J connectivity index is 3.17. The van der Waals surface area contributed by atoms with Crippen LogP contribution in [0.1, 0.15) is 0 Å². The van der Waals surface area contributed by atoms with E-state index in [1.807, 2.05) is 0 Å². The van der Waals surface area contributed by atoms with Crippen molar-refractivity contribution >= 4 is 21.7 Å². The number of nitrogens with two attached hydrogens (primary N) is 1. The summed E-state index contributed by atoms with van der Waals surface area (Å²) in [5.74, 6) is -1.10. The molecule has 0 atom stereocenters. The number of nitrogens with zero attached hydrogens (tertiary/aromatic N) is 3. The van der Waals surface area contributed by atoms with Crippen molar-refractivity contribution in [3.05, 3.63) is 10.7 Å². The van der Waals surface area contributed by atoms with Crippen molar-refractivity contribution in [3.8, 4) is 0 Å². The number of hydrogen-bond donors (Lipinski definition) is 1. The lowest BCUT2D eigenvalue weighted by molar-refractivity contribution is 0.569. The Morgan fingerprint density at radius 3 is 2.56 bits per heavy atom. The van der Waals surface area contributed by atoms with Crippen LogP contribution in [0.4, 0.5) is 10.2 Å². The van der Waals surface area contributed by atoms with Gasteiger partial charge in [-0.1, -0.05) is 0 Å². The molecule has 0 radical (unpaired) electrons. The second kappa shape index (κ2) is 2.22. The first-order valence-corrected chi connectivity index (χ1v) is 2.80. The van der Waals surface area contributed by atoms with E-state index < -0.39 is 5.95 Å². The Bertz CT molecular complexity index is 227. The van der Waals surface area contributed by atoms with Crippen molar-refractivity contribution < 1.29 is 4.39 Å². The van der Waals surface area contributed by atoms with Crippen LogP contribution in [-0.4, -0.2) is 15.2 Å². The lowest BCUT2D eigenvalue weighted by Crippen LogP contribution is -2.00. The summed E-state index contributed by atoms with van der Waals surface area (Å²) in [5.41, 5.74) is 4.96. The van der Waals surface area contributed by atoms with Crippen LogP contribution >= 0.6 is 15.9 Å². The van der Waals surface area contributed by atoms with E-state index in [9.17, 15) is 4.39 Å². The van der Waals surface area contributed by atoms with Crippen molar-refractivity contribution in [2.45, 2.75) is 0 Å². The standard InChI is InChI=1S/C3H2BrFN4/c4-3-7-1(5)2(6)8-9-3/h(H2,6,8). The molecule has 2 N–H and O–H groups in total. The maximum Gasteiger partial charge on any atom is 0.259 e. The number of halogens is 2. The Kier molecular flexibility index (Phi) is 1.56. The molecule has 0 spiro atoms. The van der Waals surface area contributed by atoms with Gasteiger partial charge in [0, 0.05) is 0 Å². The highest BCUT2D eigenvalue weighted by molar-refractivity contribution is 9.10. The van der Waals surface area contributed by atoms with E-state index in [4.69, 9.17) is 5.73 Å². The molecule has 0 amide bonds. The molecule has 0 bridgehead atoms. The molecule has 0 aliphatic heterocycles. The molecule has 0 fully saturated rings. The summed E-state index contributed by atoms with van der Waals surface area (Å²) in [6.07, 6.45) is 0. The van der Waals surface area contributed by atoms with Crippen molar-refractivity contribution in [1.82, 2.24) is 15.2 Å². The van der Waals surface area contributed by atoms with Crippen LogP contribution in [-0.2, 0) is 0 Å². The summed E-state index contributed by atoms with van der Waals surface area (Å²) in [7, 11) is 0. The fourth-order valence-corrected chi connectivity index (χ4v) is 0.532. The molecule has 0 saturated carbocycles. The van der Waals surface area contributed by atoms with Gasteiger partial charge in [0.25, 0.3) is 5.95 Å². The van der Waals surface area contributed by atoms with Crippen molar-refractivity contribution in [2.75, 3.05) is 5.73 Å². The number of rotatable bonds is 0. The van der Waals surface area contributed by atoms with Crippen LogP contribution in [0.15, 0.2) is 4.73 Å². The molecule has 6 heteroatoms. The first-order valence-electron chi connectivity index (χ1n) is 2.01. The monoisotopic (exact) mass is 192 g/mol. The quantitative estimate of drug-likeness (QED) is 0.645. The predicted molar refractivity (Wildman–Crippen MR) is 31.9 cm³/mol. The maximum atomic E-state index is 12.2. The number of nitrogen functional groups attached to an aromatic ring is 1. The minimum Gasteiger partial charge on any atom is -0.378 e. The van der Waals surface area contributed by atoms with Crippen LogP contribution in [0.3, 0.4) is 0 Å².